The van der Waals surface area contributed by atoms with Crippen LogP contribution in [0.3, 0.4) is 0 Å². The molecule has 0 spiro atoms. The lowest BCUT2D eigenvalue weighted by Crippen LogP contribution is -2.44. The van der Waals surface area contributed by atoms with Gasteiger partial charge in [0.15, 0.2) is 5.78 Å². The van der Waals surface area contributed by atoms with Crippen molar-refractivity contribution in [1.82, 2.24) is 10.3 Å². The van der Waals surface area contributed by atoms with Crippen LogP contribution in [0.2, 0.25) is 0 Å². The summed E-state index contributed by atoms with van der Waals surface area (Å²) >= 11 is 0. The number of H-pyrrole nitrogens is 1. The van der Waals surface area contributed by atoms with Crippen LogP contribution in [-0.2, 0) is 16.0 Å². The van der Waals surface area contributed by atoms with E-state index in [1.54, 1.807) is 7.11 Å². The van der Waals surface area contributed by atoms with Crippen LogP contribution in [0.4, 0.5) is 0 Å². The van der Waals surface area contributed by atoms with Gasteiger partial charge in [0.05, 0.1) is 19.6 Å². The minimum Gasteiger partial charge on any atom is -0.497 e. The van der Waals surface area contributed by atoms with E-state index in [4.69, 9.17) is 4.74 Å². The molecule has 23 heavy (non-hydrogen) atoms. The summed E-state index contributed by atoms with van der Waals surface area (Å²) in [6.45, 7) is 5.51. The van der Waals surface area contributed by atoms with Gasteiger partial charge in [-0.1, -0.05) is 20.3 Å². The van der Waals surface area contributed by atoms with Gasteiger partial charge in [-0.2, -0.15) is 0 Å². The Morgan fingerprint density at radius 2 is 2.09 bits per heavy atom. The normalized spacial score (nSPS) is 13.6. The number of hydrogen-bond acceptors (Lipinski definition) is 3. The number of rotatable bonds is 7. The molecule has 0 bridgehead atoms. The van der Waals surface area contributed by atoms with Crippen molar-refractivity contribution in [2.24, 2.45) is 5.92 Å². The maximum atomic E-state index is 12.3. The molecule has 0 aliphatic rings. The number of aromatic amines is 1. The molecule has 1 aromatic carbocycles. The van der Waals surface area contributed by atoms with Gasteiger partial charge in [-0.3, -0.25) is 9.59 Å². The number of Topliss-reactive ketones (excluding diaryl/α,β-unsaturated/α-hetero) is 1. The van der Waals surface area contributed by atoms with Crippen molar-refractivity contribution in [2.45, 2.75) is 39.7 Å². The lowest BCUT2D eigenvalue weighted by Gasteiger charge is -2.21. The molecule has 5 heteroatoms. The summed E-state index contributed by atoms with van der Waals surface area (Å²) in [5, 5.41) is 3.83. The van der Waals surface area contributed by atoms with Crippen molar-refractivity contribution in [1.29, 1.82) is 0 Å². The van der Waals surface area contributed by atoms with E-state index >= 15 is 0 Å². The Labute approximate surface area is 136 Å². The molecule has 5 nitrogen and oxygen atoms in total. The van der Waals surface area contributed by atoms with Crippen LogP contribution in [0, 0.1) is 5.92 Å². The van der Waals surface area contributed by atoms with Crippen LogP contribution >= 0.6 is 0 Å². The Balaban J connectivity index is 2.15. The lowest BCUT2D eigenvalue weighted by atomic mass is 9.96. The zero-order valence-corrected chi connectivity index (χ0v) is 14.1. The number of nitrogens with one attached hydrogen (secondary N) is 2. The van der Waals surface area contributed by atoms with Crippen molar-refractivity contribution < 1.29 is 14.3 Å². The number of methoxy groups -OCH3 is 1. The summed E-state index contributed by atoms with van der Waals surface area (Å²) in [5.74, 6) is 0.724. The van der Waals surface area contributed by atoms with Gasteiger partial charge in [0.1, 0.15) is 5.75 Å². The number of ether oxygens (including phenoxy) is 1. The number of fused-ring (bicyclic) bond motifs is 1. The minimum absolute atomic E-state index is 0.00621. The van der Waals surface area contributed by atoms with Gasteiger partial charge in [0.25, 0.3) is 0 Å². The molecule has 0 radical (unpaired) electrons. The number of ketones is 1. The van der Waals surface area contributed by atoms with E-state index in [1.807, 2.05) is 38.2 Å². The molecule has 0 saturated carbocycles. The first-order valence-corrected chi connectivity index (χ1v) is 7.90. The minimum atomic E-state index is -0.424. The number of hydrogen-bond donors (Lipinski definition) is 2. The lowest BCUT2D eigenvalue weighted by molar-refractivity contribution is -0.127. The maximum absolute atomic E-state index is 12.3. The molecule has 1 amide bonds. The van der Waals surface area contributed by atoms with Gasteiger partial charge in [-0.05, 0) is 36.6 Å². The van der Waals surface area contributed by atoms with Crippen LogP contribution in [0.25, 0.3) is 10.9 Å². The third kappa shape index (κ3) is 3.92. The molecular weight excluding hydrogens is 292 g/mol. The fourth-order valence-corrected chi connectivity index (χ4v) is 2.71. The fourth-order valence-electron chi connectivity index (χ4n) is 2.71. The predicted octanol–water partition coefficient (Wildman–Crippen LogP) is 2.84. The van der Waals surface area contributed by atoms with E-state index in [9.17, 15) is 9.59 Å². The van der Waals surface area contributed by atoms with Crippen LogP contribution in [-0.4, -0.2) is 29.8 Å². The second kappa shape index (κ2) is 7.31. The van der Waals surface area contributed by atoms with Crippen LogP contribution in [0.5, 0.6) is 5.75 Å². The Hall–Kier alpha value is -2.30. The van der Waals surface area contributed by atoms with Gasteiger partial charge in [-0.25, -0.2) is 0 Å². The number of amides is 1. The van der Waals surface area contributed by atoms with E-state index in [2.05, 4.69) is 10.3 Å². The fraction of sp³-hybridized carbons (Fsp3) is 0.444. The molecule has 0 unspecified atom stereocenters. The summed E-state index contributed by atoms with van der Waals surface area (Å²) in [6, 6.07) is 5.28. The van der Waals surface area contributed by atoms with Crippen LogP contribution < -0.4 is 10.1 Å². The van der Waals surface area contributed by atoms with Crippen molar-refractivity contribution in [2.75, 3.05) is 7.11 Å². The number of carbonyl (C=O) groups excluding carboxylic acids is 2. The van der Waals surface area contributed by atoms with E-state index in [0.29, 0.717) is 0 Å². The molecule has 0 fully saturated rings. The third-order valence-electron chi connectivity index (χ3n) is 4.29. The van der Waals surface area contributed by atoms with Crippen molar-refractivity contribution in [3.05, 3.63) is 30.0 Å². The number of aromatic nitrogens is 1. The molecular formula is C18H24N2O3. The van der Waals surface area contributed by atoms with Gasteiger partial charge in [0, 0.05) is 17.1 Å². The highest BCUT2D eigenvalue weighted by Gasteiger charge is 2.23. The number of carbonyl (C=O) groups is 2. The molecule has 0 aliphatic carbocycles. The predicted molar refractivity (Wildman–Crippen MR) is 90.6 cm³/mol. The highest BCUT2D eigenvalue weighted by molar-refractivity contribution is 5.92. The SMILES string of the molecule is CC[C@H](C)[C@H](NC(=O)Cc1c[nH]c2ccc(OC)cc12)C(C)=O. The Bertz CT molecular complexity index is 705. The first-order chi connectivity index (χ1) is 11.0. The zero-order chi connectivity index (χ0) is 17.0. The molecule has 1 aromatic heterocycles. The topological polar surface area (TPSA) is 71.2 Å². The molecule has 0 aliphatic heterocycles. The molecule has 2 rings (SSSR count). The van der Waals surface area contributed by atoms with Gasteiger partial charge in [-0.15, -0.1) is 0 Å². The second-order valence-electron chi connectivity index (χ2n) is 5.94. The largest absolute Gasteiger partial charge is 0.497 e. The molecule has 124 valence electrons. The smallest absolute Gasteiger partial charge is 0.225 e. The highest BCUT2D eigenvalue weighted by Crippen LogP contribution is 2.24. The average molecular weight is 316 g/mol. The molecule has 2 N–H and O–H groups in total. The summed E-state index contributed by atoms with van der Waals surface area (Å²) < 4.78 is 5.23. The van der Waals surface area contributed by atoms with Crippen LogP contribution in [0.1, 0.15) is 32.8 Å². The Morgan fingerprint density at radius 1 is 1.35 bits per heavy atom. The summed E-state index contributed by atoms with van der Waals surface area (Å²) in [7, 11) is 1.61. The molecule has 1 heterocycles. The Morgan fingerprint density at radius 3 is 2.70 bits per heavy atom. The Kier molecular flexibility index (Phi) is 5.42. The molecule has 0 saturated heterocycles. The van der Waals surface area contributed by atoms with Crippen molar-refractivity contribution >= 4 is 22.6 Å². The molecule has 2 aromatic rings. The number of benzene rings is 1. The molecule has 2 atom stereocenters. The quantitative estimate of drug-likeness (QED) is 0.825. The highest BCUT2D eigenvalue weighted by atomic mass is 16.5. The maximum Gasteiger partial charge on any atom is 0.225 e. The van der Waals surface area contributed by atoms with E-state index in [-0.39, 0.29) is 24.0 Å². The van der Waals surface area contributed by atoms with E-state index in [0.717, 1.165) is 28.6 Å². The van der Waals surface area contributed by atoms with Gasteiger partial charge >= 0.3 is 0 Å². The van der Waals surface area contributed by atoms with Crippen molar-refractivity contribution in [3.63, 3.8) is 0 Å². The first kappa shape index (κ1) is 17.1. The average Bonchev–Trinajstić information content (AvgIpc) is 2.93. The van der Waals surface area contributed by atoms with Gasteiger partial charge < -0.3 is 15.0 Å². The summed E-state index contributed by atoms with van der Waals surface area (Å²) in [4.78, 5) is 27.2. The van der Waals surface area contributed by atoms with Crippen molar-refractivity contribution in [3.8, 4) is 5.75 Å². The van der Waals surface area contributed by atoms with E-state index in [1.165, 1.54) is 6.92 Å². The summed E-state index contributed by atoms with van der Waals surface area (Å²) in [6.07, 6.45) is 2.90. The van der Waals surface area contributed by atoms with Gasteiger partial charge in [0.2, 0.25) is 5.91 Å². The summed E-state index contributed by atoms with van der Waals surface area (Å²) in [5.41, 5.74) is 1.85. The van der Waals surface area contributed by atoms with Crippen LogP contribution in [0.15, 0.2) is 24.4 Å². The van der Waals surface area contributed by atoms with E-state index < -0.39 is 6.04 Å². The third-order valence-corrected chi connectivity index (χ3v) is 4.29. The zero-order valence-electron chi connectivity index (χ0n) is 14.1. The first-order valence-electron chi connectivity index (χ1n) is 7.90. The monoisotopic (exact) mass is 316 g/mol. The standard InChI is InChI=1S/C18H24N2O3/c1-5-11(2)18(12(3)21)20-17(22)8-13-10-19-16-7-6-14(23-4)9-15(13)16/h6-7,9-11,18-19H,5,8H2,1-4H3,(H,20,22)/t11-,18-/m0/s1. The second-order valence-corrected chi connectivity index (χ2v) is 5.94.